The highest BCUT2D eigenvalue weighted by atomic mass is 79.9. The van der Waals surface area contributed by atoms with E-state index in [1.165, 1.54) is 5.56 Å². The summed E-state index contributed by atoms with van der Waals surface area (Å²) in [6, 6.07) is 10.3. The van der Waals surface area contributed by atoms with E-state index in [4.69, 9.17) is 5.84 Å². The van der Waals surface area contributed by atoms with Crippen molar-refractivity contribution < 1.29 is 0 Å². The normalized spacial score (nSPS) is 12.4. The Kier molecular flexibility index (Phi) is 4.47. The van der Waals surface area contributed by atoms with Gasteiger partial charge in [0.15, 0.2) is 0 Å². The summed E-state index contributed by atoms with van der Waals surface area (Å²) >= 11 is 3.56. The summed E-state index contributed by atoms with van der Waals surface area (Å²) in [6.07, 6.45) is 4.52. The second-order valence-electron chi connectivity index (χ2n) is 4.31. The van der Waals surface area contributed by atoms with Gasteiger partial charge in [-0.25, -0.2) is 0 Å². The summed E-state index contributed by atoms with van der Waals surface area (Å²) in [7, 11) is 0. The van der Waals surface area contributed by atoms with Crippen molar-refractivity contribution in [3.8, 4) is 0 Å². The third-order valence-corrected chi connectivity index (χ3v) is 3.66. The van der Waals surface area contributed by atoms with Gasteiger partial charge in [-0.05, 0) is 36.1 Å². The SMILES string of the molecule is Cc1cncc(C(Cc2ccccc2Br)NN)c1. The number of hydrogen-bond donors (Lipinski definition) is 2. The molecule has 0 aliphatic rings. The lowest BCUT2D eigenvalue weighted by atomic mass is 10.00. The maximum absolute atomic E-state index is 5.66. The number of hydrazine groups is 1. The van der Waals surface area contributed by atoms with Crippen molar-refractivity contribution in [3.63, 3.8) is 0 Å². The first kappa shape index (κ1) is 13.2. The van der Waals surface area contributed by atoms with Crippen LogP contribution in [0.5, 0.6) is 0 Å². The number of nitrogens with two attached hydrogens (primary N) is 1. The van der Waals surface area contributed by atoms with Crippen molar-refractivity contribution in [1.82, 2.24) is 10.4 Å². The fourth-order valence-corrected chi connectivity index (χ4v) is 2.37. The molecule has 2 rings (SSSR count). The standard InChI is InChI=1S/C14H16BrN3/c1-10-6-12(9-17-8-10)14(18-16)7-11-4-2-3-5-13(11)15/h2-6,8-9,14,18H,7,16H2,1H3. The molecule has 0 aliphatic carbocycles. The van der Waals surface area contributed by atoms with Gasteiger partial charge in [-0.2, -0.15) is 0 Å². The van der Waals surface area contributed by atoms with Crippen molar-refractivity contribution in [2.45, 2.75) is 19.4 Å². The van der Waals surface area contributed by atoms with Gasteiger partial charge >= 0.3 is 0 Å². The summed E-state index contributed by atoms with van der Waals surface area (Å²) < 4.78 is 1.10. The highest BCUT2D eigenvalue weighted by Crippen LogP contribution is 2.23. The molecule has 3 nitrogen and oxygen atoms in total. The van der Waals surface area contributed by atoms with E-state index in [0.717, 1.165) is 22.0 Å². The summed E-state index contributed by atoms with van der Waals surface area (Å²) in [5, 5.41) is 0. The fourth-order valence-electron chi connectivity index (χ4n) is 1.93. The van der Waals surface area contributed by atoms with Crippen LogP contribution in [0.3, 0.4) is 0 Å². The van der Waals surface area contributed by atoms with Crippen LogP contribution in [0.4, 0.5) is 0 Å². The van der Waals surface area contributed by atoms with E-state index in [0.29, 0.717) is 0 Å². The summed E-state index contributed by atoms with van der Waals surface area (Å²) in [4.78, 5) is 4.21. The number of rotatable bonds is 4. The summed E-state index contributed by atoms with van der Waals surface area (Å²) in [5.74, 6) is 5.66. The Morgan fingerprint density at radius 2 is 2.11 bits per heavy atom. The lowest BCUT2D eigenvalue weighted by Crippen LogP contribution is -2.29. The van der Waals surface area contributed by atoms with Crippen LogP contribution in [0.15, 0.2) is 47.2 Å². The van der Waals surface area contributed by atoms with Crippen LogP contribution in [0.25, 0.3) is 0 Å². The number of pyridine rings is 1. The van der Waals surface area contributed by atoms with Crippen molar-refractivity contribution in [3.05, 3.63) is 63.9 Å². The number of halogens is 1. The highest BCUT2D eigenvalue weighted by Gasteiger charge is 2.12. The quantitative estimate of drug-likeness (QED) is 0.674. The molecular weight excluding hydrogens is 290 g/mol. The van der Waals surface area contributed by atoms with Gasteiger partial charge in [0.2, 0.25) is 0 Å². The Morgan fingerprint density at radius 1 is 1.33 bits per heavy atom. The largest absolute Gasteiger partial charge is 0.271 e. The molecule has 0 saturated heterocycles. The molecule has 94 valence electrons. The average molecular weight is 306 g/mol. The predicted octanol–water partition coefficient (Wildman–Crippen LogP) is 2.90. The van der Waals surface area contributed by atoms with Gasteiger partial charge in [0.1, 0.15) is 0 Å². The van der Waals surface area contributed by atoms with Crippen LogP contribution in [0.2, 0.25) is 0 Å². The Labute approximate surface area is 116 Å². The predicted molar refractivity (Wildman–Crippen MR) is 76.9 cm³/mol. The minimum atomic E-state index is 0.0658. The summed E-state index contributed by atoms with van der Waals surface area (Å²) in [5.41, 5.74) is 6.33. The Hall–Kier alpha value is -1.23. The summed E-state index contributed by atoms with van der Waals surface area (Å²) in [6.45, 7) is 2.03. The molecule has 1 unspecified atom stereocenters. The zero-order valence-corrected chi connectivity index (χ0v) is 11.8. The van der Waals surface area contributed by atoms with Crippen molar-refractivity contribution in [2.75, 3.05) is 0 Å². The molecule has 1 atom stereocenters. The van der Waals surface area contributed by atoms with Crippen LogP contribution in [-0.2, 0) is 6.42 Å². The van der Waals surface area contributed by atoms with Gasteiger partial charge in [0.25, 0.3) is 0 Å². The molecule has 0 aliphatic heterocycles. The highest BCUT2D eigenvalue weighted by molar-refractivity contribution is 9.10. The first-order valence-corrected chi connectivity index (χ1v) is 6.61. The molecule has 3 N–H and O–H groups in total. The van der Waals surface area contributed by atoms with Crippen LogP contribution in [-0.4, -0.2) is 4.98 Å². The van der Waals surface area contributed by atoms with E-state index >= 15 is 0 Å². The zero-order chi connectivity index (χ0) is 13.0. The molecule has 4 heteroatoms. The number of nitrogens with zero attached hydrogens (tertiary/aromatic N) is 1. The third-order valence-electron chi connectivity index (χ3n) is 2.88. The van der Waals surface area contributed by atoms with Gasteiger partial charge in [0, 0.05) is 16.9 Å². The van der Waals surface area contributed by atoms with E-state index in [2.05, 4.69) is 38.5 Å². The Balaban J connectivity index is 2.23. The van der Waals surface area contributed by atoms with Gasteiger partial charge in [-0.1, -0.05) is 40.2 Å². The molecule has 0 fully saturated rings. The number of benzene rings is 1. The smallest absolute Gasteiger partial charge is 0.0516 e. The molecule has 0 bridgehead atoms. The maximum atomic E-state index is 5.66. The van der Waals surface area contributed by atoms with E-state index in [1.807, 2.05) is 37.5 Å². The van der Waals surface area contributed by atoms with Crippen molar-refractivity contribution in [2.24, 2.45) is 5.84 Å². The monoisotopic (exact) mass is 305 g/mol. The molecular formula is C14H16BrN3. The van der Waals surface area contributed by atoms with Gasteiger partial charge in [-0.3, -0.25) is 16.3 Å². The third kappa shape index (κ3) is 3.16. The van der Waals surface area contributed by atoms with Gasteiger partial charge in [0.05, 0.1) is 6.04 Å². The van der Waals surface area contributed by atoms with Crippen molar-refractivity contribution in [1.29, 1.82) is 0 Å². The lowest BCUT2D eigenvalue weighted by Gasteiger charge is -2.17. The van der Waals surface area contributed by atoms with Crippen LogP contribution in [0.1, 0.15) is 22.7 Å². The van der Waals surface area contributed by atoms with E-state index < -0.39 is 0 Å². The van der Waals surface area contributed by atoms with E-state index in [9.17, 15) is 0 Å². The molecule has 18 heavy (non-hydrogen) atoms. The second kappa shape index (κ2) is 6.09. The Bertz CT molecular complexity index is 528. The maximum Gasteiger partial charge on any atom is 0.0516 e. The molecule has 0 spiro atoms. The molecule has 0 radical (unpaired) electrons. The molecule has 0 amide bonds. The molecule has 0 saturated carbocycles. The van der Waals surface area contributed by atoms with Crippen LogP contribution < -0.4 is 11.3 Å². The van der Waals surface area contributed by atoms with Crippen LogP contribution >= 0.6 is 15.9 Å². The number of aryl methyl sites for hydroxylation is 1. The Morgan fingerprint density at radius 3 is 2.78 bits per heavy atom. The van der Waals surface area contributed by atoms with Gasteiger partial charge < -0.3 is 0 Å². The first-order valence-electron chi connectivity index (χ1n) is 5.82. The molecule has 2 aromatic rings. The van der Waals surface area contributed by atoms with E-state index in [1.54, 1.807) is 0 Å². The first-order chi connectivity index (χ1) is 8.70. The fraction of sp³-hybridized carbons (Fsp3) is 0.214. The van der Waals surface area contributed by atoms with E-state index in [-0.39, 0.29) is 6.04 Å². The minimum absolute atomic E-state index is 0.0658. The molecule has 1 heterocycles. The average Bonchev–Trinajstić information content (AvgIpc) is 2.38. The minimum Gasteiger partial charge on any atom is -0.271 e. The second-order valence-corrected chi connectivity index (χ2v) is 5.16. The molecule has 1 aromatic carbocycles. The van der Waals surface area contributed by atoms with Crippen molar-refractivity contribution >= 4 is 15.9 Å². The lowest BCUT2D eigenvalue weighted by molar-refractivity contribution is 0.549. The number of aromatic nitrogens is 1. The number of hydrogen-bond acceptors (Lipinski definition) is 3. The number of nitrogens with one attached hydrogen (secondary N) is 1. The van der Waals surface area contributed by atoms with Crippen LogP contribution in [0, 0.1) is 6.92 Å². The zero-order valence-electron chi connectivity index (χ0n) is 10.2. The van der Waals surface area contributed by atoms with Gasteiger partial charge in [-0.15, -0.1) is 0 Å². The molecule has 1 aromatic heterocycles. The topological polar surface area (TPSA) is 50.9 Å².